The molecule has 3 aromatic rings. The number of rotatable bonds is 4. The van der Waals surface area contributed by atoms with Crippen molar-refractivity contribution in [3.8, 4) is 5.88 Å². The Bertz CT molecular complexity index is 828. The second-order valence-corrected chi connectivity index (χ2v) is 7.81. The zero-order valence-electron chi connectivity index (χ0n) is 12.9. The number of hydrogen-bond acceptors (Lipinski definition) is 7. The number of aromatic nitrogens is 3. The quantitative estimate of drug-likeness (QED) is 0.784. The highest BCUT2D eigenvalue weighted by Crippen LogP contribution is 2.31. The van der Waals surface area contributed by atoms with E-state index in [0.717, 1.165) is 41.0 Å². The van der Waals surface area contributed by atoms with Gasteiger partial charge in [-0.15, -0.1) is 11.3 Å². The molecule has 0 aliphatic heterocycles. The summed E-state index contributed by atoms with van der Waals surface area (Å²) in [6.45, 7) is 2.00. The molecule has 3 heterocycles. The van der Waals surface area contributed by atoms with Gasteiger partial charge in [-0.1, -0.05) is 0 Å². The SMILES string of the molecule is Cc1cc(Cc2nc(O[C@H]3CC[C@@H](N)C3)c3sccc3n2)sn1. The topological polar surface area (TPSA) is 73.9 Å². The van der Waals surface area contributed by atoms with Crippen molar-refractivity contribution >= 4 is 33.1 Å². The highest BCUT2D eigenvalue weighted by atomic mass is 32.1. The Morgan fingerprint density at radius 3 is 3.00 bits per heavy atom. The van der Waals surface area contributed by atoms with E-state index in [9.17, 15) is 0 Å². The normalized spacial score (nSPS) is 21.1. The van der Waals surface area contributed by atoms with Crippen LogP contribution in [-0.2, 0) is 6.42 Å². The molecule has 7 heteroatoms. The summed E-state index contributed by atoms with van der Waals surface area (Å²) in [4.78, 5) is 10.5. The minimum absolute atomic E-state index is 0.170. The predicted octanol–water partition coefficient (Wildman–Crippen LogP) is 3.31. The fourth-order valence-corrected chi connectivity index (χ4v) is 4.43. The summed E-state index contributed by atoms with van der Waals surface area (Å²) in [6.07, 6.45) is 3.79. The molecule has 0 bridgehead atoms. The Labute approximate surface area is 142 Å². The van der Waals surface area contributed by atoms with Crippen LogP contribution in [0, 0.1) is 6.92 Å². The number of aryl methyl sites for hydroxylation is 1. The molecule has 1 fully saturated rings. The maximum atomic E-state index is 6.17. The van der Waals surface area contributed by atoms with Gasteiger partial charge in [0.2, 0.25) is 5.88 Å². The molecule has 0 radical (unpaired) electrons. The summed E-state index contributed by atoms with van der Waals surface area (Å²) in [5.41, 5.74) is 7.99. The Morgan fingerprint density at radius 1 is 1.35 bits per heavy atom. The van der Waals surface area contributed by atoms with Gasteiger partial charge in [0, 0.05) is 17.3 Å². The molecule has 0 amide bonds. The van der Waals surface area contributed by atoms with Crippen LogP contribution in [0.2, 0.25) is 0 Å². The number of ether oxygens (including phenoxy) is 1. The van der Waals surface area contributed by atoms with Gasteiger partial charge in [-0.05, 0) is 55.2 Å². The van der Waals surface area contributed by atoms with Crippen LogP contribution >= 0.6 is 22.9 Å². The lowest BCUT2D eigenvalue weighted by Crippen LogP contribution is -2.19. The molecular formula is C16H18N4OS2. The largest absolute Gasteiger partial charge is 0.473 e. The molecule has 0 aromatic carbocycles. The van der Waals surface area contributed by atoms with Gasteiger partial charge in [-0.3, -0.25) is 0 Å². The van der Waals surface area contributed by atoms with Crippen LogP contribution in [0.25, 0.3) is 10.2 Å². The van der Waals surface area contributed by atoms with Crippen molar-refractivity contribution < 1.29 is 4.74 Å². The van der Waals surface area contributed by atoms with E-state index in [4.69, 9.17) is 10.5 Å². The maximum absolute atomic E-state index is 6.17. The summed E-state index contributed by atoms with van der Waals surface area (Å²) in [6, 6.07) is 4.36. The van der Waals surface area contributed by atoms with E-state index < -0.39 is 0 Å². The molecule has 1 aliphatic carbocycles. The van der Waals surface area contributed by atoms with Crippen LogP contribution in [0.4, 0.5) is 0 Å². The molecule has 2 N–H and O–H groups in total. The lowest BCUT2D eigenvalue weighted by Gasteiger charge is -2.13. The van der Waals surface area contributed by atoms with Crippen LogP contribution in [0.1, 0.15) is 35.7 Å². The molecule has 1 saturated carbocycles. The fourth-order valence-electron chi connectivity index (χ4n) is 2.94. The van der Waals surface area contributed by atoms with E-state index in [2.05, 4.69) is 20.4 Å². The summed E-state index contributed by atoms with van der Waals surface area (Å²) in [7, 11) is 0. The van der Waals surface area contributed by atoms with Crippen LogP contribution in [-0.4, -0.2) is 26.5 Å². The number of nitrogens with zero attached hydrogens (tertiary/aromatic N) is 3. The summed E-state index contributed by atoms with van der Waals surface area (Å²) in [5.74, 6) is 1.50. The smallest absolute Gasteiger partial charge is 0.235 e. The van der Waals surface area contributed by atoms with Crippen molar-refractivity contribution in [1.29, 1.82) is 0 Å². The van der Waals surface area contributed by atoms with E-state index >= 15 is 0 Å². The van der Waals surface area contributed by atoms with Gasteiger partial charge in [-0.2, -0.15) is 9.36 Å². The van der Waals surface area contributed by atoms with Crippen LogP contribution in [0.15, 0.2) is 17.5 Å². The van der Waals surface area contributed by atoms with E-state index in [1.54, 1.807) is 11.3 Å². The van der Waals surface area contributed by atoms with Crippen LogP contribution < -0.4 is 10.5 Å². The highest BCUT2D eigenvalue weighted by Gasteiger charge is 2.25. The van der Waals surface area contributed by atoms with Gasteiger partial charge in [-0.25, -0.2) is 4.98 Å². The Balaban J connectivity index is 1.64. The van der Waals surface area contributed by atoms with Gasteiger partial charge >= 0.3 is 0 Å². The summed E-state index contributed by atoms with van der Waals surface area (Å²) >= 11 is 3.13. The van der Waals surface area contributed by atoms with Gasteiger partial charge in [0.1, 0.15) is 16.6 Å². The highest BCUT2D eigenvalue weighted by molar-refractivity contribution is 7.17. The zero-order chi connectivity index (χ0) is 15.8. The lowest BCUT2D eigenvalue weighted by atomic mass is 10.3. The lowest BCUT2D eigenvalue weighted by molar-refractivity contribution is 0.202. The first-order valence-electron chi connectivity index (χ1n) is 7.76. The van der Waals surface area contributed by atoms with E-state index in [1.807, 2.05) is 18.4 Å². The van der Waals surface area contributed by atoms with E-state index in [0.29, 0.717) is 12.3 Å². The van der Waals surface area contributed by atoms with Gasteiger partial charge in [0.15, 0.2) is 0 Å². The predicted molar refractivity (Wildman–Crippen MR) is 93.3 cm³/mol. The number of thiophene rings is 1. The molecule has 0 unspecified atom stereocenters. The van der Waals surface area contributed by atoms with Crippen molar-refractivity contribution in [2.75, 3.05) is 0 Å². The summed E-state index contributed by atoms with van der Waals surface area (Å²) < 4.78 is 11.5. The second-order valence-electron chi connectivity index (χ2n) is 6.00. The van der Waals surface area contributed by atoms with Gasteiger partial charge in [0.05, 0.1) is 11.2 Å². The van der Waals surface area contributed by atoms with Gasteiger partial charge in [0.25, 0.3) is 0 Å². The molecule has 3 aromatic heterocycles. The third-order valence-corrected chi connectivity index (χ3v) is 5.80. The van der Waals surface area contributed by atoms with Crippen molar-refractivity contribution in [3.05, 3.63) is 33.9 Å². The third-order valence-electron chi connectivity index (χ3n) is 4.03. The standard InChI is InChI=1S/C16H18N4OS2/c1-9-6-12(23-20-9)8-14-18-13-4-5-22-15(13)16(19-14)21-11-3-2-10(17)7-11/h4-6,10-11H,2-3,7-8,17H2,1H3/t10-,11+/m1/s1. The van der Waals surface area contributed by atoms with E-state index in [1.165, 1.54) is 16.4 Å². The zero-order valence-corrected chi connectivity index (χ0v) is 14.5. The first-order chi connectivity index (χ1) is 11.2. The first-order valence-corrected chi connectivity index (χ1v) is 9.41. The minimum atomic E-state index is 0.170. The first kappa shape index (κ1) is 15.0. The molecule has 5 nitrogen and oxygen atoms in total. The second kappa shape index (κ2) is 6.14. The fraction of sp³-hybridized carbons (Fsp3) is 0.438. The average molecular weight is 346 g/mol. The molecule has 23 heavy (non-hydrogen) atoms. The average Bonchev–Trinajstić information content (AvgIpc) is 3.22. The number of nitrogens with two attached hydrogens (primary N) is 1. The van der Waals surface area contributed by atoms with Crippen molar-refractivity contribution in [2.45, 2.75) is 44.8 Å². The van der Waals surface area contributed by atoms with Gasteiger partial charge < -0.3 is 10.5 Å². The van der Waals surface area contributed by atoms with Crippen LogP contribution in [0.3, 0.4) is 0 Å². The van der Waals surface area contributed by atoms with E-state index in [-0.39, 0.29) is 12.1 Å². The summed E-state index contributed by atoms with van der Waals surface area (Å²) in [5, 5.41) is 2.03. The number of fused-ring (bicyclic) bond motifs is 1. The van der Waals surface area contributed by atoms with Crippen LogP contribution in [0.5, 0.6) is 5.88 Å². The molecule has 0 saturated heterocycles. The molecule has 2 atom stereocenters. The Hall–Kier alpha value is -1.57. The number of hydrogen-bond donors (Lipinski definition) is 1. The van der Waals surface area contributed by atoms with Crippen molar-refractivity contribution in [3.63, 3.8) is 0 Å². The molecule has 4 rings (SSSR count). The third kappa shape index (κ3) is 3.22. The maximum Gasteiger partial charge on any atom is 0.235 e. The monoisotopic (exact) mass is 346 g/mol. The van der Waals surface area contributed by atoms with Crippen molar-refractivity contribution in [1.82, 2.24) is 14.3 Å². The molecular weight excluding hydrogens is 328 g/mol. The molecule has 1 aliphatic rings. The molecule has 120 valence electrons. The Kier molecular flexibility index (Phi) is 4.00. The molecule has 0 spiro atoms. The van der Waals surface area contributed by atoms with Crippen molar-refractivity contribution in [2.24, 2.45) is 5.73 Å². The Morgan fingerprint density at radius 2 is 2.26 bits per heavy atom. The minimum Gasteiger partial charge on any atom is -0.473 e.